The van der Waals surface area contributed by atoms with E-state index in [1.54, 1.807) is 23.7 Å². The molecule has 0 amide bonds. The van der Waals surface area contributed by atoms with Crippen LogP contribution in [0.3, 0.4) is 0 Å². The van der Waals surface area contributed by atoms with E-state index in [9.17, 15) is 0 Å². The van der Waals surface area contributed by atoms with Crippen LogP contribution in [0.5, 0.6) is 5.75 Å². The molecule has 0 aliphatic carbocycles. The molecule has 1 aromatic carbocycles. The van der Waals surface area contributed by atoms with Gasteiger partial charge < -0.3 is 14.0 Å². The maximum atomic E-state index is 6.21. The first-order chi connectivity index (χ1) is 13.2. The summed E-state index contributed by atoms with van der Waals surface area (Å²) in [4.78, 5) is 13.5. The summed E-state index contributed by atoms with van der Waals surface area (Å²) in [6, 6.07) is 7.52. The van der Waals surface area contributed by atoms with Gasteiger partial charge in [0.25, 0.3) is 5.89 Å². The Morgan fingerprint density at radius 2 is 2.19 bits per heavy atom. The van der Waals surface area contributed by atoms with Gasteiger partial charge in [0.15, 0.2) is 0 Å². The lowest BCUT2D eigenvalue weighted by atomic mass is 10.1. The summed E-state index contributed by atoms with van der Waals surface area (Å²) in [6.45, 7) is 2.00. The number of hydrogen-bond donors (Lipinski definition) is 0. The molecule has 4 rings (SSSR count). The average molecular weight is 381 g/mol. The normalized spacial score (nSPS) is 12.5. The van der Waals surface area contributed by atoms with E-state index in [0.29, 0.717) is 17.3 Å². The highest BCUT2D eigenvalue weighted by Crippen LogP contribution is 2.31. The van der Waals surface area contributed by atoms with E-state index >= 15 is 0 Å². The zero-order valence-electron chi connectivity index (χ0n) is 14.6. The van der Waals surface area contributed by atoms with Gasteiger partial charge in [-0.05, 0) is 42.3 Å². The lowest BCUT2D eigenvalue weighted by molar-refractivity contribution is 0.203. The molecule has 0 saturated heterocycles. The topological polar surface area (TPSA) is 95.5 Å². The van der Waals surface area contributed by atoms with E-state index in [1.807, 2.05) is 36.7 Å². The SMILES string of the molecule is CO/N=C/c1ccnc(C(Oc2cc(C)c3ncsc3c2)c2nnco2)c1. The lowest BCUT2D eigenvalue weighted by Crippen LogP contribution is -2.12. The average Bonchev–Trinajstić information content (AvgIpc) is 3.36. The van der Waals surface area contributed by atoms with Crippen molar-refractivity contribution in [3.05, 3.63) is 65.1 Å². The Morgan fingerprint density at radius 1 is 1.26 bits per heavy atom. The number of fused-ring (bicyclic) bond motifs is 1. The fourth-order valence-electron chi connectivity index (χ4n) is 2.65. The summed E-state index contributed by atoms with van der Waals surface area (Å²) in [5, 5.41) is 11.5. The molecule has 0 radical (unpaired) electrons. The molecule has 0 saturated carbocycles. The minimum Gasteiger partial charge on any atom is -0.474 e. The minimum absolute atomic E-state index is 0.311. The molecule has 1 unspecified atom stereocenters. The molecule has 27 heavy (non-hydrogen) atoms. The molecule has 9 heteroatoms. The Hall–Kier alpha value is -3.33. The molecule has 8 nitrogen and oxygen atoms in total. The first kappa shape index (κ1) is 17.1. The summed E-state index contributed by atoms with van der Waals surface area (Å²) in [7, 11) is 1.49. The highest BCUT2D eigenvalue weighted by Gasteiger charge is 2.24. The second-order valence-electron chi connectivity index (χ2n) is 5.65. The number of benzene rings is 1. The lowest BCUT2D eigenvalue weighted by Gasteiger charge is -2.16. The number of aryl methyl sites for hydroxylation is 1. The highest BCUT2D eigenvalue weighted by molar-refractivity contribution is 7.16. The van der Waals surface area contributed by atoms with Crippen molar-refractivity contribution in [3.63, 3.8) is 0 Å². The number of oxime groups is 1. The van der Waals surface area contributed by atoms with Crippen LogP contribution < -0.4 is 4.74 Å². The maximum absolute atomic E-state index is 6.21. The molecule has 136 valence electrons. The molecule has 1 atom stereocenters. The van der Waals surface area contributed by atoms with Gasteiger partial charge >= 0.3 is 0 Å². The first-order valence-electron chi connectivity index (χ1n) is 8.03. The van der Waals surface area contributed by atoms with Crippen molar-refractivity contribution < 1.29 is 14.0 Å². The third kappa shape index (κ3) is 3.63. The summed E-state index contributed by atoms with van der Waals surface area (Å²) < 4.78 is 12.6. The third-order valence-corrected chi connectivity index (χ3v) is 4.61. The van der Waals surface area contributed by atoms with Gasteiger partial charge in [-0.15, -0.1) is 21.5 Å². The van der Waals surface area contributed by atoms with Crippen LogP contribution >= 0.6 is 11.3 Å². The number of hydrogen-bond acceptors (Lipinski definition) is 9. The van der Waals surface area contributed by atoms with Gasteiger partial charge in [0.1, 0.15) is 12.9 Å². The molecule has 4 aromatic rings. The van der Waals surface area contributed by atoms with Crippen molar-refractivity contribution >= 4 is 27.8 Å². The van der Waals surface area contributed by atoms with Gasteiger partial charge in [-0.3, -0.25) is 4.98 Å². The second kappa shape index (κ2) is 7.50. The number of pyridine rings is 1. The van der Waals surface area contributed by atoms with E-state index in [1.165, 1.54) is 13.5 Å². The van der Waals surface area contributed by atoms with Crippen LogP contribution in [0.15, 0.2) is 51.9 Å². The van der Waals surface area contributed by atoms with Crippen molar-refractivity contribution in [3.8, 4) is 5.75 Å². The van der Waals surface area contributed by atoms with E-state index < -0.39 is 6.10 Å². The molecule has 3 heterocycles. The molecular weight excluding hydrogens is 366 g/mol. The predicted octanol–water partition coefficient (Wildman–Crippen LogP) is 3.53. The van der Waals surface area contributed by atoms with Crippen LogP contribution in [0.1, 0.15) is 28.8 Å². The van der Waals surface area contributed by atoms with Gasteiger partial charge in [-0.25, -0.2) is 4.98 Å². The van der Waals surface area contributed by atoms with Crippen molar-refractivity contribution in [1.82, 2.24) is 20.2 Å². The Kier molecular flexibility index (Phi) is 4.75. The fourth-order valence-corrected chi connectivity index (χ4v) is 3.43. The van der Waals surface area contributed by atoms with Crippen LogP contribution in [-0.2, 0) is 4.84 Å². The van der Waals surface area contributed by atoms with E-state index in [2.05, 4.69) is 25.3 Å². The number of nitrogens with zero attached hydrogens (tertiary/aromatic N) is 5. The second-order valence-corrected chi connectivity index (χ2v) is 6.53. The van der Waals surface area contributed by atoms with Crippen molar-refractivity contribution in [2.24, 2.45) is 5.16 Å². The molecule has 0 bridgehead atoms. The molecule has 0 aliphatic heterocycles. The number of rotatable bonds is 6. The standard InChI is InChI=1S/C18H15N5O3S/c1-11-5-13(7-15-16(11)20-10-27-15)26-17(18-23-21-9-25-18)14-6-12(3-4-19-14)8-22-24-2/h3-10,17H,1-2H3/b22-8+. The molecule has 0 aliphatic rings. The van der Waals surface area contributed by atoms with Gasteiger partial charge in [-0.2, -0.15) is 0 Å². The Morgan fingerprint density at radius 3 is 3.00 bits per heavy atom. The summed E-state index contributed by atoms with van der Waals surface area (Å²) in [5.41, 5.74) is 5.24. The van der Waals surface area contributed by atoms with E-state index in [-0.39, 0.29) is 0 Å². The van der Waals surface area contributed by atoms with Gasteiger partial charge in [-0.1, -0.05) is 5.16 Å². The van der Waals surface area contributed by atoms with Gasteiger partial charge in [0.05, 0.1) is 27.6 Å². The maximum Gasteiger partial charge on any atom is 0.263 e. The fraction of sp³-hybridized carbons (Fsp3) is 0.167. The first-order valence-corrected chi connectivity index (χ1v) is 8.91. The monoisotopic (exact) mass is 381 g/mol. The predicted molar refractivity (Wildman–Crippen MR) is 100.0 cm³/mol. The van der Waals surface area contributed by atoms with Crippen molar-refractivity contribution in [2.75, 3.05) is 7.11 Å². The molecule has 3 aromatic heterocycles. The van der Waals surface area contributed by atoms with Crippen LogP contribution in [0.25, 0.3) is 10.2 Å². The Labute approximate surface area is 158 Å². The molecule has 0 N–H and O–H groups in total. The van der Waals surface area contributed by atoms with Crippen LogP contribution in [-0.4, -0.2) is 33.5 Å². The highest BCUT2D eigenvalue weighted by atomic mass is 32.1. The number of thiazole rings is 1. The van der Waals surface area contributed by atoms with Crippen molar-refractivity contribution in [2.45, 2.75) is 13.0 Å². The molecular formula is C18H15N5O3S. The van der Waals surface area contributed by atoms with Gasteiger partial charge in [0, 0.05) is 6.20 Å². The van der Waals surface area contributed by atoms with Crippen molar-refractivity contribution in [1.29, 1.82) is 0 Å². The van der Waals surface area contributed by atoms with Crippen LogP contribution in [0.2, 0.25) is 0 Å². The largest absolute Gasteiger partial charge is 0.474 e. The Bertz CT molecular complexity index is 1080. The zero-order valence-corrected chi connectivity index (χ0v) is 15.4. The van der Waals surface area contributed by atoms with E-state index in [4.69, 9.17) is 14.0 Å². The number of aromatic nitrogens is 4. The minimum atomic E-state index is -0.659. The van der Waals surface area contributed by atoms with E-state index in [0.717, 1.165) is 21.3 Å². The molecule has 0 spiro atoms. The smallest absolute Gasteiger partial charge is 0.263 e. The summed E-state index contributed by atoms with van der Waals surface area (Å²) in [6.07, 6.45) is 3.85. The van der Waals surface area contributed by atoms with Crippen LogP contribution in [0.4, 0.5) is 0 Å². The summed E-state index contributed by atoms with van der Waals surface area (Å²) in [5.74, 6) is 0.982. The van der Waals surface area contributed by atoms with Gasteiger partial charge in [0.2, 0.25) is 12.5 Å². The third-order valence-electron chi connectivity index (χ3n) is 3.84. The quantitative estimate of drug-likeness (QED) is 0.372. The number of ether oxygens (including phenoxy) is 1. The zero-order chi connectivity index (χ0) is 18.6. The Balaban J connectivity index is 1.72. The summed E-state index contributed by atoms with van der Waals surface area (Å²) >= 11 is 1.56. The van der Waals surface area contributed by atoms with Crippen LogP contribution in [0, 0.1) is 6.92 Å². The molecule has 0 fully saturated rings.